The lowest BCUT2D eigenvalue weighted by molar-refractivity contribution is -0.142. The summed E-state index contributed by atoms with van der Waals surface area (Å²) in [4.78, 5) is 26.7. The molecule has 5 nitrogen and oxygen atoms in total. The van der Waals surface area contributed by atoms with Gasteiger partial charge in [-0.15, -0.1) is 0 Å². The van der Waals surface area contributed by atoms with Gasteiger partial charge in [0, 0.05) is 13.1 Å². The minimum absolute atomic E-state index is 0.183. The summed E-state index contributed by atoms with van der Waals surface area (Å²) < 4.78 is 18.7. The normalized spacial score (nSPS) is 11.5. The molecule has 2 aromatic rings. The van der Waals surface area contributed by atoms with Gasteiger partial charge in [-0.2, -0.15) is 0 Å². The van der Waals surface area contributed by atoms with Crippen LogP contribution in [0.4, 0.5) is 4.39 Å². The molecule has 28 heavy (non-hydrogen) atoms. The van der Waals surface area contributed by atoms with Crippen LogP contribution in [0.3, 0.4) is 0 Å². The van der Waals surface area contributed by atoms with Gasteiger partial charge in [-0.1, -0.05) is 43.7 Å². The third-order valence-electron chi connectivity index (χ3n) is 4.37. The maximum absolute atomic E-state index is 13.2. The zero-order chi connectivity index (χ0) is 20.4. The monoisotopic (exact) mass is 386 g/mol. The molecule has 0 bridgehead atoms. The Morgan fingerprint density at radius 1 is 1.11 bits per heavy atom. The lowest BCUT2D eigenvalue weighted by atomic mass is 10.1. The van der Waals surface area contributed by atoms with E-state index < -0.39 is 6.04 Å². The molecule has 0 saturated carbocycles. The highest BCUT2D eigenvalue weighted by atomic mass is 19.1. The van der Waals surface area contributed by atoms with Gasteiger partial charge < -0.3 is 15.0 Å². The van der Waals surface area contributed by atoms with E-state index in [1.807, 2.05) is 25.1 Å². The number of nitrogens with zero attached hydrogens (tertiary/aromatic N) is 1. The maximum Gasteiger partial charge on any atom is 0.261 e. The van der Waals surface area contributed by atoms with Crippen LogP contribution in [0.25, 0.3) is 0 Å². The van der Waals surface area contributed by atoms with Gasteiger partial charge >= 0.3 is 0 Å². The highest BCUT2D eigenvalue weighted by molar-refractivity contribution is 5.87. The number of unbranched alkanes of at least 4 members (excludes halogenated alkanes) is 1. The van der Waals surface area contributed by atoms with E-state index in [1.54, 1.807) is 31.2 Å². The molecule has 0 aromatic heterocycles. The first kappa shape index (κ1) is 21.4. The molecule has 0 aliphatic heterocycles. The van der Waals surface area contributed by atoms with Crippen LogP contribution in [0.5, 0.6) is 5.75 Å². The van der Waals surface area contributed by atoms with Gasteiger partial charge in [0.15, 0.2) is 6.61 Å². The van der Waals surface area contributed by atoms with Crippen molar-refractivity contribution in [2.24, 2.45) is 0 Å². The van der Waals surface area contributed by atoms with Crippen molar-refractivity contribution in [1.82, 2.24) is 10.2 Å². The predicted octanol–water partition coefficient (Wildman–Crippen LogP) is 3.54. The molecule has 1 N–H and O–H groups in total. The van der Waals surface area contributed by atoms with Crippen LogP contribution in [0, 0.1) is 5.82 Å². The minimum Gasteiger partial charge on any atom is -0.484 e. The fraction of sp³-hybridized carbons (Fsp3) is 0.364. The lowest BCUT2D eigenvalue weighted by Gasteiger charge is -2.28. The third-order valence-corrected chi connectivity index (χ3v) is 4.37. The largest absolute Gasteiger partial charge is 0.484 e. The number of carbonyl (C=O) groups is 2. The van der Waals surface area contributed by atoms with Crippen LogP contribution in [0.1, 0.15) is 32.3 Å². The predicted molar refractivity (Wildman–Crippen MR) is 106 cm³/mol. The zero-order valence-electron chi connectivity index (χ0n) is 16.4. The maximum atomic E-state index is 13.2. The summed E-state index contributed by atoms with van der Waals surface area (Å²) in [5.41, 5.74) is 0.739. The number of rotatable bonds is 10. The first-order chi connectivity index (χ1) is 13.5. The Hall–Kier alpha value is -2.89. The standard InChI is InChI=1S/C22H27FN2O3/c1-3-4-14-24-22(27)17(2)25(15-18-10-12-19(23)13-11-18)21(26)16-28-20-8-6-5-7-9-20/h5-13,17H,3-4,14-16H2,1-2H3,(H,24,27)/t17-/m0/s1. The number of benzene rings is 2. The van der Waals surface area contributed by atoms with Crippen molar-refractivity contribution >= 4 is 11.8 Å². The molecule has 6 heteroatoms. The summed E-state index contributed by atoms with van der Waals surface area (Å²) in [5.74, 6) is -0.299. The second-order valence-electron chi connectivity index (χ2n) is 6.57. The summed E-state index contributed by atoms with van der Waals surface area (Å²) in [5, 5.41) is 2.85. The summed E-state index contributed by atoms with van der Waals surface area (Å²) >= 11 is 0. The van der Waals surface area contributed by atoms with Crippen LogP contribution in [-0.4, -0.2) is 35.9 Å². The molecule has 0 unspecified atom stereocenters. The third kappa shape index (κ3) is 6.68. The van der Waals surface area contributed by atoms with Crippen molar-refractivity contribution in [2.75, 3.05) is 13.2 Å². The summed E-state index contributed by atoms with van der Waals surface area (Å²) in [6.07, 6.45) is 1.85. The van der Waals surface area contributed by atoms with Crippen LogP contribution < -0.4 is 10.1 Å². The average Bonchev–Trinajstić information content (AvgIpc) is 2.72. The molecule has 2 amide bonds. The first-order valence-electron chi connectivity index (χ1n) is 9.50. The van der Waals surface area contributed by atoms with E-state index in [0.29, 0.717) is 12.3 Å². The van der Waals surface area contributed by atoms with E-state index >= 15 is 0 Å². The van der Waals surface area contributed by atoms with Gasteiger partial charge in [0.2, 0.25) is 5.91 Å². The van der Waals surface area contributed by atoms with Crippen molar-refractivity contribution in [1.29, 1.82) is 0 Å². The van der Waals surface area contributed by atoms with Crippen molar-refractivity contribution in [2.45, 2.75) is 39.3 Å². The van der Waals surface area contributed by atoms with Gasteiger partial charge in [0.25, 0.3) is 5.91 Å². The van der Waals surface area contributed by atoms with Gasteiger partial charge in [0.05, 0.1) is 0 Å². The number of amides is 2. The van der Waals surface area contributed by atoms with E-state index in [4.69, 9.17) is 4.74 Å². The van der Waals surface area contributed by atoms with E-state index in [9.17, 15) is 14.0 Å². The molecular formula is C22H27FN2O3. The number of ether oxygens (including phenoxy) is 1. The Morgan fingerprint density at radius 2 is 1.79 bits per heavy atom. The number of hydrogen-bond acceptors (Lipinski definition) is 3. The van der Waals surface area contributed by atoms with Gasteiger partial charge in [-0.3, -0.25) is 9.59 Å². The van der Waals surface area contributed by atoms with E-state index in [0.717, 1.165) is 18.4 Å². The Balaban J connectivity index is 2.08. The SMILES string of the molecule is CCCCNC(=O)[C@H](C)N(Cc1ccc(F)cc1)C(=O)COc1ccccc1. The fourth-order valence-corrected chi connectivity index (χ4v) is 2.65. The highest BCUT2D eigenvalue weighted by Gasteiger charge is 2.26. The Labute approximate surface area is 165 Å². The molecule has 2 rings (SSSR count). The molecule has 2 aromatic carbocycles. The molecular weight excluding hydrogens is 359 g/mol. The zero-order valence-corrected chi connectivity index (χ0v) is 16.4. The van der Waals surface area contributed by atoms with Crippen molar-refractivity contribution in [3.63, 3.8) is 0 Å². The highest BCUT2D eigenvalue weighted by Crippen LogP contribution is 2.13. The molecule has 0 radical (unpaired) electrons. The summed E-state index contributed by atoms with van der Waals surface area (Å²) in [6, 6.07) is 14.2. The fourth-order valence-electron chi connectivity index (χ4n) is 2.65. The molecule has 0 fully saturated rings. The summed E-state index contributed by atoms with van der Waals surface area (Å²) in [7, 11) is 0. The topological polar surface area (TPSA) is 58.6 Å². The molecule has 0 heterocycles. The van der Waals surface area contributed by atoms with Gasteiger partial charge in [0.1, 0.15) is 17.6 Å². The van der Waals surface area contributed by atoms with E-state index in [2.05, 4.69) is 5.32 Å². The Bertz CT molecular complexity index is 750. The van der Waals surface area contributed by atoms with Gasteiger partial charge in [-0.25, -0.2) is 4.39 Å². The van der Waals surface area contributed by atoms with E-state index in [1.165, 1.54) is 17.0 Å². The number of hydrogen-bond donors (Lipinski definition) is 1. The quantitative estimate of drug-likeness (QED) is 0.636. The van der Waals surface area contributed by atoms with Crippen molar-refractivity contribution in [3.8, 4) is 5.75 Å². The van der Waals surface area contributed by atoms with Crippen molar-refractivity contribution < 1.29 is 18.7 Å². The first-order valence-corrected chi connectivity index (χ1v) is 9.50. The minimum atomic E-state index is -0.672. The molecule has 150 valence electrons. The second kappa shape index (κ2) is 11.1. The van der Waals surface area contributed by atoms with Crippen LogP contribution in [0.15, 0.2) is 54.6 Å². The number of halogens is 1. The number of carbonyl (C=O) groups excluding carboxylic acids is 2. The van der Waals surface area contributed by atoms with Gasteiger partial charge in [-0.05, 0) is 43.2 Å². The molecule has 0 spiro atoms. The second-order valence-corrected chi connectivity index (χ2v) is 6.57. The average molecular weight is 386 g/mol. The lowest BCUT2D eigenvalue weighted by Crippen LogP contribution is -2.49. The van der Waals surface area contributed by atoms with Crippen LogP contribution in [0.2, 0.25) is 0 Å². The summed E-state index contributed by atoms with van der Waals surface area (Å²) in [6.45, 7) is 4.31. The molecule has 1 atom stereocenters. The van der Waals surface area contributed by atoms with Crippen LogP contribution >= 0.6 is 0 Å². The number of para-hydroxylation sites is 1. The van der Waals surface area contributed by atoms with Crippen molar-refractivity contribution in [3.05, 3.63) is 66.0 Å². The van der Waals surface area contributed by atoms with Crippen LogP contribution in [-0.2, 0) is 16.1 Å². The Morgan fingerprint density at radius 3 is 2.43 bits per heavy atom. The number of nitrogens with one attached hydrogen (secondary N) is 1. The molecule has 0 saturated heterocycles. The molecule has 0 aliphatic rings. The van der Waals surface area contributed by atoms with E-state index in [-0.39, 0.29) is 30.8 Å². The Kier molecular flexibility index (Phi) is 8.46. The smallest absolute Gasteiger partial charge is 0.261 e. The molecule has 0 aliphatic carbocycles.